The highest BCUT2D eigenvalue weighted by Crippen LogP contribution is 2.33. The average Bonchev–Trinajstić information content (AvgIpc) is 2.75. The van der Waals surface area contributed by atoms with Gasteiger partial charge in [-0.3, -0.25) is 4.57 Å². The largest absolute Gasteiger partial charge is 0.406 e. The van der Waals surface area contributed by atoms with Crippen LogP contribution in [0.2, 0.25) is 0 Å². The molecule has 1 fully saturated rings. The minimum atomic E-state index is -0.459. The lowest BCUT2D eigenvalue weighted by Crippen LogP contribution is -2.41. The summed E-state index contributed by atoms with van der Waals surface area (Å²) in [4.78, 5) is 14.5. The lowest BCUT2D eigenvalue weighted by molar-refractivity contribution is -0.388. The van der Waals surface area contributed by atoms with Gasteiger partial charge in [-0.15, -0.1) is 0 Å². The smallest absolute Gasteiger partial charge is 0.376 e. The molecule has 1 aromatic rings. The Labute approximate surface area is 105 Å². The molecule has 1 aromatic heterocycles. The van der Waals surface area contributed by atoms with Gasteiger partial charge in [0.15, 0.2) is 0 Å². The fourth-order valence-electron chi connectivity index (χ4n) is 2.13. The predicted molar refractivity (Wildman–Crippen MR) is 66.7 cm³/mol. The van der Waals surface area contributed by atoms with E-state index in [0.717, 1.165) is 6.42 Å². The van der Waals surface area contributed by atoms with Crippen LogP contribution in [0.5, 0.6) is 0 Å². The molecule has 7 heteroatoms. The standard InChI is InChI=1S/C11H18N4O3/c1-7-11(3,5-6-18-7)13-10-9(15(16)17)12-8(2)14(10)4/h7,13H,5-6H2,1-4H3. The Morgan fingerprint density at radius 1 is 1.67 bits per heavy atom. The first-order chi connectivity index (χ1) is 8.35. The zero-order valence-corrected chi connectivity index (χ0v) is 11.1. The summed E-state index contributed by atoms with van der Waals surface area (Å²) in [6.07, 6.45) is 0.822. The number of aromatic nitrogens is 2. The monoisotopic (exact) mass is 254 g/mol. The maximum atomic E-state index is 11.0. The topological polar surface area (TPSA) is 82.2 Å². The number of anilines is 1. The predicted octanol–water partition coefficient (Wildman–Crippen LogP) is 1.62. The molecule has 2 unspecified atom stereocenters. The number of hydrogen-bond acceptors (Lipinski definition) is 5. The highest BCUT2D eigenvalue weighted by molar-refractivity contribution is 5.55. The normalized spacial score (nSPS) is 27.4. The minimum absolute atomic E-state index is 0.00677. The number of imidazole rings is 1. The van der Waals surface area contributed by atoms with Crippen LogP contribution in [0.4, 0.5) is 11.6 Å². The third-order valence-electron chi connectivity index (χ3n) is 3.76. The summed E-state index contributed by atoms with van der Waals surface area (Å²) in [5.41, 5.74) is -0.301. The van der Waals surface area contributed by atoms with Crippen molar-refractivity contribution in [3.8, 4) is 0 Å². The number of hydrogen-bond donors (Lipinski definition) is 1. The van der Waals surface area contributed by atoms with Crippen LogP contribution in [-0.2, 0) is 11.8 Å². The summed E-state index contributed by atoms with van der Waals surface area (Å²) < 4.78 is 7.23. The summed E-state index contributed by atoms with van der Waals surface area (Å²) in [5, 5.41) is 14.2. The lowest BCUT2D eigenvalue weighted by Gasteiger charge is -2.29. The van der Waals surface area contributed by atoms with Crippen molar-refractivity contribution in [3.63, 3.8) is 0 Å². The van der Waals surface area contributed by atoms with Crippen LogP contribution in [0.25, 0.3) is 0 Å². The molecule has 18 heavy (non-hydrogen) atoms. The second-order valence-electron chi connectivity index (χ2n) is 4.95. The Morgan fingerprint density at radius 3 is 2.83 bits per heavy atom. The van der Waals surface area contributed by atoms with Crippen molar-refractivity contribution in [1.82, 2.24) is 9.55 Å². The molecular weight excluding hydrogens is 236 g/mol. The van der Waals surface area contributed by atoms with Crippen LogP contribution in [0.1, 0.15) is 26.1 Å². The second-order valence-corrected chi connectivity index (χ2v) is 4.95. The van der Waals surface area contributed by atoms with E-state index < -0.39 is 4.92 Å². The Bertz CT molecular complexity index is 485. The zero-order chi connectivity index (χ0) is 13.5. The van der Waals surface area contributed by atoms with E-state index in [0.29, 0.717) is 18.2 Å². The molecule has 2 rings (SSSR count). The first kappa shape index (κ1) is 12.8. The zero-order valence-electron chi connectivity index (χ0n) is 11.1. The van der Waals surface area contributed by atoms with Gasteiger partial charge in [0.1, 0.15) is 0 Å². The first-order valence-electron chi connectivity index (χ1n) is 5.92. The summed E-state index contributed by atoms with van der Waals surface area (Å²) in [6, 6.07) is 0. The number of aryl methyl sites for hydroxylation is 1. The van der Waals surface area contributed by atoms with E-state index in [1.807, 2.05) is 13.8 Å². The fourth-order valence-corrected chi connectivity index (χ4v) is 2.13. The Kier molecular flexibility index (Phi) is 3.02. The van der Waals surface area contributed by atoms with Gasteiger partial charge in [0.05, 0.1) is 11.6 Å². The first-order valence-corrected chi connectivity index (χ1v) is 5.92. The van der Waals surface area contributed by atoms with Crippen molar-refractivity contribution in [2.75, 3.05) is 11.9 Å². The molecule has 1 aliphatic heterocycles. The quantitative estimate of drug-likeness (QED) is 0.654. The SMILES string of the molecule is Cc1nc([N+](=O)[O-])c(NC2(C)CCOC2C)n1C. The molecule has 2 atom stereocenters. The number of ether oxygens (including phenoxy) is 1. The summed E-state index contributed by atoms with van der Waals surface area (Å²) in [7, 11) is 1.77. The third kappa shape index (κ3) is 1.94. The molecule has 0 bridgehead atoms. The molecule has 1 aliphatic rings. The van der Waals surface area contributed by atoms with E-state index in [-0.39, 0.29) is 17.5 Å². The minimum Gasteiger partial charge on any atom is -0.376 e. The highest BCUT2D eigenvalue weighted by atomic mass is 16.6. The molecule has 0 spiro atoms. The molecule has 1 N–H and O–H groups in total. The van der Waals surface area contributed by atoms with E-state index in [2.05, 4.69) is 10.3 Å². The van der Waals surface area contributed by atoms with Gasteiger partial charge in [-0.25, -0.2) is 0 Å². The lowest BCUT2D eigenvalue weighted by atomic mass is 9.95. The van der Waals surface area contributed by atoms with Gasteiger partial charge in [-0.1, -0.05) is 0 Å². The van der Waals surface area contributed by atoms with Gasteiger partial charge < -0.3 is 20.2 Å². The van der Waals surface area contributed by atoms with Crippen LogP contribution in [0.15, 0.2) is 0 Å². The van der Waals surface area contributed by atoms with Crippen LogP contribution in [0, 0.1) is 17.0 Å². The highest BCUT2D eigenvalue weighted by Gasteiger charge is 2.40. The van der Waals surface area contributed by atoms with Gasteiger partial charge in [-0.05, 0) is 30.2 Å². The summed E-state index contributed by atoms with van der Waals surface area (Å²) in [6.45, 7) is 6.39. The number of nitro groups is 1. The maximum Gasteiger partial charge on any atom is 0.406 e. The van der Waals surface area contributed by atoms with E-state index >= 15 is 0 Å². The van der Waals surface area contributed by atoms with E-state index in [4.69, 9.17) is 4.74 Å². The van der Waals surface area contributed by atoms with Crippen molar-refractivity contribution in [3.05, 3.63) is 15.9 Å². The third-order valence-corrected chi connectivity index (χ3v) is 3.76. The van der Waals surface area contributed by atoms with E-state index in [1.54, 1.807) is 18.5 Å². The molecule has 0 aromatic carbocycles. The van der Waals surface area contributed by atoms with Crippen LogP contribution in [-0.4, -0.2) is 32.7 Å². The number of nitrogens with one attached hydrogen (secondary N) is 1. The Balaban J connectivity index is 2.36. The van der Waals surface area contributed by atoms with Crippen LogP contribution in [0.3, 0.4) is 0 Å². The Morgan fingerprint density at radius 2 is 2.33 bits per heavy atom. The molecule has 0 saturated carbocycles. The van der Waals surface area contributed by atoms with Gasteiger partial charge >= 0.3 is 5.82 Å². The molecule has 100 valence electrons. The Hall–Kier alpha value is -1.63. The molecule has 1 saturated heterocycles. The van der Waals surface area contributed by atoms with Gasteiger partial charge in [-0.2, -0.15) is 0 Å². The van der Waals surface area contributed by atoms with Crippen LogP contribution >= 0.6 is 0 Å². The maximum absolute atomic E-state index is 11.0. The molecule has 0 radical (unpaired) electrons. The average molecular weight is 254 g/mol. The molecule has 7 nitrogen and oxygen atoms in total. The van der Waals surface area contributed by atoms with E-state index in [1.165, 1.54) is 0 Å². The van der Waals surface area contributed by atoms with Gasteiger partial charge in [0.25, 0.3) is 0 Å². The van der Waals surface area contributed by atoms with Crippen molar-refractivity contribution in [1.29, 1.82) is 0 Å². The molecule has 2 heterocycles. The van der Waals surface area contributed by atoms with Gasteiger partial charge in [0.2, 0.25) is 11.6 Å². The molecular formula is C11H18N4O3. The van der Waals surface area contributed by atoms with Crippen molar-refractivity contribution in [2.24, 2.45) is 7.05 Å². The van der Waals surface area contributed by atoms with Crippen molar-refractivity contribution < 1.29 is 9.66 Å². The summed E-state index contributed by atoms with van der Waals surface area (Å²) >= 11 is 0. The number of rotatable bonds is 3. The second kappa shape index (κ2) is 4.24. The summed E-state index contributed by atoms with van der Waals surface area (Å²) in [5.74, 6) is 0.923. The molecule has 0 amide bonds. The van der Waals surface area contributed by atoms with Crippen molar-refractivity contribution in [2.45, 2.75) is 38.8 Å². The van der Waals surface area contributed by atoms with E-state index in [9.17, 15) is 10.1 Å². The van der Waals surface area contributed by atoms with Gasteiger partial charge in [0, 0.05) is 20.6 Å². The van der Waals surface area contributed by atoms with Crippen LogP contribution < -0.4 is 5.32 Å². The number of nitrogens with zero attached hydrogens (tertiary/aromatic N) is 3. The fraction of sp³-hybridized carbons (Fsp3) is 0.727. The van der Waals surface area contributed by atoms with Crippen molar-refractivity contribution >= 4 is 11.6 Å². The molecule has 0 aliphatic carbocycles.